The van der Waals surface area contributed by atoms with Gasteiger partial charge in [0.2, 0.25) is 0 Å². The van der Waals surface area contributed by atoms with Crippen molar-refractivity contribution in [2.75, 3.05) is 6.61 Å². The van der Waals surface area contributed by atoms with Crippen molar-refractivity contribution in [1.29, 1.82) is 0 Å². The van der Waals surface area contributed by atoms with Crippen LogP contribution in [0, 0.1) is 19.8 Å². The summed E-state index contributed by atoms with van der Waals surface area (Å²) in [6.45, 7) is 13.2. The van der Waals surface area contributed by atoms with E-state index in [1.807, 2.05) is 13.8 Å². The first-order chi connectivity index (χ1) is 8.43. The van der Waals surface area contributed by atoms with Crippen LogP contribution in [0.5, 0.6) is 11.5 Å². The SMILES string of the molecule is CCc1c(O)c(C)c(C)c(OCC(C)C)c1CC. The van der Waals surface area contributed by atoms with Crippen molar-refractivity contribution < 1.29 is 9.84 Å². The minimum Gasteiger partial charge on any atom is -0.507 e. The molecule has 0 fully saturated rings. The van der Waals surface area contributed by atoms with Gasteiger partial charge in [-0.15, -0.1) is 0 Å². The van der Waals surface area contributed by atoms with Crippen molar-refractivity contribution in [2.45, 2.75) is 54.4 Å². The van der Waals surface area contributed by atoms with Crippen LogP contribution in [0.4, 0.5) is 0 Å². The van der Waals surface area contributed by atoms with Gasteiger partial charge in [0.05, 0.1) is 6.61 Å². The summed E-state index contributed by atoms with van der Waals surface area (Å²) in [5.41, 5.74) is 4.23. The summed E-state index contributed by atoms with van der Waals surface area (Å²) in [6.07, 6.45) is 1.74. The number of rotatable bonds is 5. The molecule has 0 amide bonds. The molecular formula is C16H26O2. The van der Waals surface area contributed by atoms with Gasteiger partial charge in [-0.05, 0) is 43.7 Å². The van der Waals surface area contributed by atoms with Crippen LogP contribution < -0.4 is 4.74 Å². The zero-order valence-electron chi connectivity index (χ0n) is 12.6. The Kier molecular flexibility index (Phi) is 5.06. The van der Waals surface area contributed by atoms with E-state index in [1.165, 1.54) is 5.56 Å². The van der Waals surface area contributed by atoms with E-state index < -0.39 is 0 Å². The summed E-state index contributed by atoms with van der Waals surface area (Å²) in [7, 11) is 0. The average Bonchev–Trinajstić information content (AvgIpc) is 2.34. The summed E-state index contributed by atoms with van der Waals surface area (Å²) < 4.78 is 5.99. The fourth-order valence-corrected chi connectivity index (χ4v) is 2.28. The first-order valence-corrected chi connectivity index (χ1v) is 6.90. The van der Waals surface area contributed by atoms with E-state index in [2.05, 4.69) is 27.7 Å². The van der Waals surface area contributed by atoms with Crippen LogP contribution in [0.1, 0.15) is 49.9 Å². The molecule has 0 radical (unpaired) electrons. The molecule has 102 valence electrons. The lowest BCUT2D eigenvalue weighted by molar-refractivity contribution is 0.266. The zero-order valence-corrected chi connectivity index (χ0v) is 12.6. The van der Waals surface area contributed by atoms with Gasteiger partial charge < -0.3 is 9.84 Å². The van der Waals surface area contributed by atoms with E-state index in [0.29, 0.717) is 11.7 Å². The molecule has 1 aromatic carbocycles. The maximum Gasteiger partial charge on any atom is 0.126 e. The van der Waals surface area contributed by atoms with Crippen molar-refractivity contribution in [3.63, 3.8) is 0 Å². The molecule has 0 saturated heterocycles. The Morgan fingerprint density at radius 2 is 1.56 bits per heavy atom. The summed E-state index contributed by atoms with van der Waals surface area (Å²) in [5.74, 6) is 1.94. The van der Waals surface area contributed by atoms with Crippen molar-refractivity contribution in [3.8, 4) is 11.5 Å². The third-order valence-electron chi connectivity index (χ3n) is 3.45. The van der Waals surface area contributed by atoms with Crippen LogP contribution in [0.15, 0.2) is 0 Å². The first kappa shape index (κ1) is 14.9. The van der Waals surface area contributed by atoms with E-state index >= 15 is 0 Å². The van der Waals surface area contributed by atoms with Gasteiger partial charge in [0.1, 0.15) is 11.5 Å². The van der Waals surface area contributed by atoms with Gasteiger partial charge in [-0.3, -0.25) is 0 Å². The van der Waals surface area contributed by atoms with E-state index in [4.69, 9.17) is 4.74 Å². The highest BCUT2D eigenvalue weighted by atomic mass is 16.5. The molecule has 0 aromatic heterocycles. The molecule has 0 saturated carbocycles. The lowest BCUT2D eigenvalue weighted by Gasteiger charge is -2.21. The summed E-state index contributed by atoms with van der Waals surface area (Å²) >= 11 is 0. The Bertz CT molecular complexity index is 420. The van der Waals surface area contributed by atoms with E-state index in [9.17, 15) is 5.11 Å². The van der Waals surface area contributed by atoms with Crippen LogP contribution >= 0.6 is 0 Å². The molecule has 0 heterocycles. The molecule has 0 spiro atoms. The number of aromatic hydroxyl groups is 1. The van der Waals surface area contributed by atoms with E-state index in [-0.39, 0.29) is 0 Å². The molecule has 2 nitrogen and oxygen atoms in total. The Balaban J connectivity index is 3.33. The number of phenolic OH excluding ortho intramolecular Hbond substituents is 1. The normalized spacial score (nSPS) is 11.1. The monoisotopic (exact) mass is 250 g/mol. The Hall–Kier alpha value is -1.18. The molecule has 18 heavy (non-hydrogen) atoms. The Morgan fingerprint density at radius 3 is 2.00 bits per heavy atom. The molecule has 0 aliphatic carbocycles. The molecule has 0 atom stereocenters. The number of ether oxygens (including phenoxy) is 1. The van der Waals surface area contributed by atoms with Gasteiger partial charge in [0.25, 0.3) is 0 Å². The number of phenols is 1. The van der Waals surface area contributed by atoms with Gasteiger partial charge in [0, 0.05) is 11.1 Å². The van der Waals surface area contributed by atoms with Gasteiger partial charge in [-0.1, -0.05) is 27.7 Å². The lowest BCUT2D eigenvalue weighted by Crippen LogP contribution is -2.09. The lowest BCUT2D eigenvalue weighted by atomic mass is 9.93. The topological polar surface area (TPSA) is 29.5 Å². The Morgan fingerprint density at radius 1 is 1.00 bits per heavy atom. The second-order valence-electron chi connectivity index (χ2n) is 5.30. The standard InChI is InChI=1S/C16H26O2/c1-7-13-14(8-2)16(18-9-10(3)4)12(6)11(5)15(13)17/h10,17H,7-9H2,1-6H3. The molecular weight excluding hydrogens is 224 g/mol. The highest BCUT2D eigenvalue weighted by molar-refractivity contribution is 5.57. The second-order valence-corrected chi connectivity index (χ2v) is 5.30. The first-order valence-electron chi connectivity index (χ1n) is 6.90. The van der Waals surface area contributed by atoms with Crippen LogP contribution in [-0.2, 0) is 12.8 Å². The summed E-state index contributed by atoms with van der Waals surface area (Å²) in [5, 5.41) is 10.2. The molecule has 2 heteroatoms. The van der Waals surface area contributed by atoms with Crippen LogP contribution in [0.3, 0.4) is 0 Å². The molecule has 0 unspecified atom stereocenters. The number of hydrogen-bond donors (Lipinski definition) is 1. The molecule has 1 aromatic rings. The van der Waals surface area contributed by atoms with Crippen molar-refractivity contribution in [2.24, 2.45) is 5.92 Å². The Labute approximate surface area is 111 Å². The summed E-state index contributed by atoms with van der Waals surface area (Å²) in [6, 6.07) is 0. The van der Waals surface area contributed by atoms with Gasteiger partial charge in [0.15, 0.2) is 0 Å². The third-order valence-corrected chi connectivity index (χ3v) is 3.45. The highest BCUT2D eigenvalue weighted by Crippen LogP contribution is 2.38. The van der Waals surface area contributed by atoms with Crippen LogP contribution in [-0.4, -0.2) is 11.7 Å². The van der Waals surface area contributed by atoms with Crippen LogP contribution in [0.25, 0.3) is 0 Å². The molecule has 1 rings (SSSR count). The van der Waals surface area contributed by atoms with Crippen molar-refractivity contribution in [1.82, 2.24) is 0 Å². The fraction of sp³-hybridized carbons (Fsp3) is 0.625. The molecule has 0 aliphatic rings. The van der Waals surface area contributed by atoms with E-state index in [1.54, 1.807) is 0 Å². The summed E-state index contributed by atoms with van der Waals surface area (Å²) in [4.78, 5) is 0. The average molecular weight is 250 g/mol. The van der Waals surface area contributed by atoms with Crippen molar-refractivity contribution in [3.05, 3.63) is 22.3 Å². The smallest absolute Gasteiger partial charge is 0.126 e. The van der Waals surface area contributed by atoms with Crippen LogP contribution in [0.2, 0.25) is 0 Å². The zero-order chi connectivity index (χ0) is 13.9. The molecule has 0 aliphatic heterocycles. The predicted molar refractivity (Wildman–Crippen MR) is 76.7 cm³/mol. The minimum absolute atomic E-state index is 0.448. The quantitative estimate of drug-likeness (QED) is 0.850. The van der Waals surface area contributed by atoms with E-state index in [0.717, 1.165) is 41.9 Å². The molecule has 1 N–H and O–H groups in total. The predicted octanol–water partition coefficient (Wildman–Crippen LogP) is 4.17. The maximum absolute atomic E-state index is 10.2. The molecule has 0 bridgehead atoms. The second kappa shape index (κ2) is 6.12. The number of hydrogen-bond acceptors (Lipinski definition) is 2. The van der Waals surface area contributed by atoms with Gasteiger partial charge in [-0.25, -0.2) is 0 Å². The minimum atomic E-state index is 0.448. The highest BCUT2D eigenvalue weighted by Gasteiger charge is 2.18. The maximum atomic E-state index is 10.2. The fourth-order valence-electron chi connectivity index (χ4n) is 2.28. The number of benzene rings is 1. The third kappa shape index (κ3) is 2.80. The largest absolute Gasteiger partial charge is 0.507 e. The van der Waals surface area contributed by atoms with Gasteiger partial charge in [-0.2, -0.15) is 0 Å². The van der Waals surface area contributed by atoms with Gasteiger partial charge >= 0.3 is 0 Å². The van der Waals surface area contributed by atoms with Crippen molar-refractivity contribution >= 4 is 0 Å².